The summed E-state index contributed by atoms with van der Waals surface area (Å²) in [6.45, 7) is 1.03. The number of ketones is 1. The molecule has 1 aliphatic heterocycles. The molecule has 0 radical (unpaired) electrons. The fraction of sp³-hybridized carbons (Fsp3) is 0.526. The molecule has 25 heavy (non-hydrogen) atoms. The summed E-state index contributed by atoms with van der Waals surface area (Å²) in [6, 6.07) is 6.81. The molecule has 0 N–H and O–H groups in total. The standard InChI is InChI=1S/C19H22ClNO4/c20-15-7-5-13(6-8-15)18(23)21-11-9-14(10-12-21)19(24)25-17-4-2-1-3-16(17)22/h5-8,14,17H,1-4,9-12H2/t17-/m1/s1. The molecule has 2 aliphatic rings. The van der Waals surface area contributed by atoms with Gasteiger partial charge in [0.2, 0.25) is 0 Å². The van der Waals surface area contributed by atoms with Crippen LogP contribution in [0.3, 0.4) is 0 Å². The maximum Gasteiger partial charge on any atom is 0.309 e. The highest BCUT2D eigenvalue weighted by Crippen LogP contribution is 2.24. The van der Waals surface area contributed by atoms with Gasteiger partial charge < -0.3 is 9.64 Å². The summed E-state index contributed by atoms with van der Waals surface area (Å²) in [5.74, 6) is -0.538. The second-order valence-electron chi connectivity index (χ2n) is 6.71. The SMILES string of the molecule is O=C(O[C@@H]1CCCCC1=O)C1CCN(C(=O)c2ccc(Cl)cc2)CC1. The quantitative estimate of drug-likeness (QED) is 0.773. The van der Waals surface area contributed by atoms with Crippen LogP contribution in [0.1, 0.15) is 48.9 Å². The van der Waals surface area contributed by atoms with Gasteiger partial charge in [0, 0.05) is 30.1 Å². The zero-order chi connectivity index (χ0) is 17.8. The van der Waals surface area contributed by atoms with E-state index >= 15 is 0 Å². The van der Waals surface area contributed by atoms with Crippen LogP contribution in [-0.4, -0.2) is 41.8 Å². The number of amides is 1. The number of hydrogen-bond acceptors (Lipinski definition) is 4. The third-order valence-electron chi connectivity index (χ3n) is 4.96. The summed E-state index contributed by atoms with van der Waals surface area (Å²) < 4.78 is 5.43. The lowest BCUT2D eigenvalue weighted by molar-refractivity contribution is -0.161. The first kappa shape index (κ1) is 17.9. The smallest absolute Gasteiger partial charge is 0.309 e. The normalized spacial score (nSPS) is 21.9. The largest absolute Gasteiger partial charge is 0.454 e. The Hall–Kier alpha value is -1.88. The zero-order valence-electron chi connectivity index (χ0n) is 14.1. The summed E-state index contributed by atoms with van der Waals surface area (Å²) in [5, 5.41) is 0.593. The fourth-order valence-corrected chi connectivity index (χ4v) is 3.53. The van der Waals surface area contributed by atoms with Crippen molar-refractivity contribution < 1.29 is 19.1 Å². The Balaban J connectivity index is 1.51. The van der Waals surface area contributed by atoms with Crippen LogP contribution in [0.4, 0.5) is 0 Å². The summed E-state index contributed by atoms with van der Waals surface area (Å²) in [7, 11) is 0. The Morgan fingerprint density at radius 2 is 1.72 bits per heavy atom. The van der Waals surface area contributed by atoms with Gasteiger partial charge >= 0.3 is 5.97 Å². The van der Waals surface area contributed by atoms with Gasteiger partial charge in [-0.2, -0.15) is 0 Å². The highest BCUT2D eigenvalue weighted by molar-refractivity contribution is 6.30. The Kier molecular flexibility index (Phi) is 5.74. The maximum absolute atomic E-state index is 12.5. The molecule has 0 spiro atoms. The molecule has 1 amide bonds. The van der Waals surface area contributed by atoms with Gasteiger partial charge in [-0.25, -0.2) is 0 Å². The van der Waals surface area contributed by atoms with Crippen LogP contribution < -0.4 is 0 Å². The number of carbonyl (C=O) groups is 3. The van der Waals surface area contributed by atoms with E-state index < -0.39 is 6.10 Å². The molecule has 6 heteroatoms. The number of hydrogen-bond donors (Lipinski definition) is 0. The molecule has 1 heterocycles. The van der Waals surface area contributed by atoms with Crippen molar-refractivity contribution in [1.29, 1.82) is 0 Å². The molecule has 1 aromatic rings. The molecule has 1 saturated heterocycles. The van der Waals surface area contributed by atoms with E-state index in [4.69, 9.17) is 16.3 Å². The Bertz CT molecular complexity index is 650. The van der Waals surface area contributed by atoms with E-state index in [0.29, 0.717) is 49.4 Å². The number of halogens is 1. The predicted molar refractivity (Wildman–Crippen MR) is 93.4 cm³/mol. The second kappa shape index (κ2) is 8.00. The summed E-state index contributed by atoms with van der Waals surface area (Å²) >= 11 is 5.85. The number of rotatable bonds is 3. The monoisotopic (exact) mass is 363 g/mol. The van der Waals surface area contributed by atoms with Crippen LogP contribution >= 0.6 is 11.6 Å². The van der Waals surface area contributed by atoms with Gasteiger partial charge in [-0.1, -0.05) is 11.6 Å². The van der Waals surface area contributed by atoms with E-state index in [2.05, 4.69) is 0 Å². The maximum atomic E-state index is 12.5. The van der Waals surface area contributed by atoms with Crippen LogP contribution in [0.2, 0.25) is 5.02 Å². The van der Waals surface area contributed by atoms with Crippen molar-refractivity contribution in [3.8, 4) is 0 Å². The lowest BCUT2D eigenvalue weighted by Gasteiger charge is -2.32. The highest BCUT2D eigenvalue weighted by Gasteiger charge is 2.32. The number of carbonyl (C=O) groups excluding carboxylic acids is 3. The van der Waals surface area contributed by atoms with E-state index in [1.54, 1.807) is 29.2 Å². The van der Waals surface area contributed by atoms with Crippen molar-refractivity contribution in [3.63, 3.8) is 0 Å². The number of Topliss-reactive ketones (excluding diaryl/α,β-unsaturated/α-hetero) is 1. The molecule has 134 valence electrons. The molecule has 3 rings (SSSR count). The Labute approximate surface area is 152 Å². The number of benzene rings is 1. The molecule has 5 nitrogen and oxygen atoms in total. The third kappa shape index (κ3) is 4.40. The van der Waals surface area contributed by atoms with Crippen LogP contribution in [0.25, 0.3) is 0 Å². The van der Waals surface area contributed by atoms with Crippen LogP contribution in [0.5, 0.6) is 0 Å². The third-order valence-corrected chi connectivity index (χ3v) is 5.22. The van der Waals surface area contributed by atoms with Gasteiger partial charge in [0.25, 0.3) is 5.91 Å². The second-order valence-corrected chi connectivity index (χ2v) is 7.15. The Morgan fingerprint density at radius 3 is 2.36 bits per heavy atom. The van der Waals surface area contributed by atoms with E-state index in [1.807, 2.05) is 0 Å². The topological polar surface area (TPSA) is 63.7 Å². The molecular formula is C19H22ClNO4. The molecule has 0 bridgehead atoms. The lowest BCUT2D eigenvalue weighted by atomic mass is 9.94. The molecule has 1 aromatic carbocycles. The van der Waals surface area contributed by atoms with Gasteiger partial charge in [0.05, 0.1) is 5.92 Å². The van der Waals surface area contributed by atoms with Crippen LogP contribution in [0.15, 0.2) is 24.3 Å². The number of ether oxygens (including phenoxy) is 1. The average Bonchev–Trinajstić information content (AvgIpc) is 2.64. The van der Waals surface area contributed by atoms with Crippen molar-refractivity contribution in [2.75, 3.05) is 13.1 Å². The lowest BCUT2D eigenvalue weighted by Crippen LogP contribution is -2.42. The first-order valence-electron chi connectivity index (χ1n) is 8.82. The molecule has 0 unspecified atom stereocenters. The van der Waals surface area contributed by atoms with Crippen molar-refractivity contribution >= 4 is 29.3 Å². The number of piperidine rings is 1. The van der Waals surface area contributed by atoms with E-state index in [0.717, 1.165) is 12.8 Å². The molecule has 0 aromatic heterocycles. The zero-order valence-corrected chi connectivity index (χ0v) is 14.8. The van der Waals surface area contributed by atoms with E-state index in [-0.39, 0.29) is 23.6 Å². The van der Waals surface area contributed by atoms with Gasteiger partial charge in [-0.15, -0.1) is 0 Å². The van der Waals surface area contributed by atoms with Crippen molar-refractivity contribution in [2.24, 2.45) is 5.92 Å². The summed E-state index contributed by atoms with van der Waals surface area (Å²) in [5.41, 5.74) is 0.596. The Morgan fingerprint density at radius 1 is 1.04 bits per heavy atom. The van der Waals surface area contributed by atoms with Gasteiger partial charge in [0.15, 0.2) is 11.9 Å². The summed E-state index contributed by atoms with van der Waals surface area (Å²) in [4.78, 5) is 38.3. The first-order valence-corrected chi connectivity index (χ1v) is 9.20. The minimum atomic E-state index is -0.560. The van der Waals surface area contributed by atoms with Gasteiger partial charge in [-0.05, 0) is 56.4 Å². The van der Waals surface area contributed by atoms with E-state index in [1.165, 1.54) is 0 Å². The average molecular weight is 364 g/mol. The van der Waals surface area contributed by atoms with Gasteiger partial charge in [0.1, 0.15) is 0 Å². The first-order chi connectivity index (χ1) is 12.0. The van der Waals surface area contributed by atoms with Crippen molar-refractivity contribution in [2.45, 2.75) is 44.6 Å². The van der Waals surface area contributed by atoms with Gasteiger partial charge in [-0.3, -0.25) is 14.4 Å². The molecule has 1 saturated carbocycles. The van der Waals surface area contributed by atoms with E-state index in [9.17, 15) is 14.4 Å². The fourth-order valence-electron chi connectivity index (χ4n) is 3.41. The minimum Gasteiger partial charge on any atom is -0.454 e. The summed E-state index contributed by atoms with van der Waals surface area (Å²) in [6.07, 6.45) is 3.54. The molecule has 1 atom stereocenters. The number of likely N-dealkylation sites (tertiary alicyclic amines) is 1. The van der Waals surface area contributed by atoms with Crippen molar-refractivity contribution in [1.82, 2.24) is 4.90 Å². The number of nitrogens with zero attached hydrogens (tertiary/aromatic N) is 1. The highest BCUT2D eigenvalue weighted by atomic mass is 35.5. The van der Waals surface area contributed by atoms with Crippen LogP contribution in [0, 0.1) is 5.92 Å². The van der Waals surface area contributed by atoms with Crippen LogP contribution in [-0.2, 0) is 14.3 Å². The number of esters is 1. The minimum absolute atomic E-state index is 0.0370. The molecule has 2 fully saturated rings. The molecule has 1 aliphatic carbocycles. The molecular weight excluding hydrogens is 342 g/mol. The van der Waals surface area contributed by atoms with Crippen molar-refractivity contribution in [3.05, 3.63) is 34.9 Å². The predicted octanol–water partition coefficient (Wildman–Crippen LogP) is 3.25.